The van der Waals surface area contributed by atoms with Gasteiger partial charge in [-0.3, -0.25) is 4.57 Å². The SMILES string of the molecule is Cc1ccc(-n2c(C(C)Cl)nc3ccc(C)cc32)c(C)c1. The quantitative estimate of drug-likeness (QED) is 0.591. The molecule has 0 aliphatic rings. The van der Waals surface area contributed by atoms with Gasteiger partial charge in [0.25, 0.3) is 0 Å². The summed E-state index contributed by atoms with van der Waals surface area (Å²) in [7, 11) is 0. The van der Waals surface area contributed by atoms with Crippen molar-refractivity contribution in [2.75, 3.05) is 0 Å². The Labute approximate surface area is 130 Å². The highest BCUT2D eigenvalue weighted by Gasteiger charge is 2.17. The Morgan fingerprint density at radius 1 is 1.00 bits per heavy atom. The molecular formula is C18H19ClN2. The molecule has 1 unspecified atom stereocenters. The first kappa shape index (κ1) is 14.2. The molecule has 1 aromatic heterocycles. The summed E-state index contributed by atoms with van der Waals surface area (Å²) in [6, 6.07) is 12.8. The normalized spacial score (nSPS) is 12.8. The van der Waals surface area contributed by atoms with E-state index >= 15 is 0 Å². The number of nitrogens with zero attached hydrogens (tertiary/aromatic N) is 2. The molecule has 0 saturated carbocycles. The zero-order valence-electron chi connectivity index (χ0n) is 12.8. The topological polar surface area (TPSA) is 17.8 Å². The minimum atomic E-state index is -0.140. The first-order valence-corrected chi connectivity index (χ1v) is 7.61. The second-order valence-electron chi connectivity index (χ2n) is 5.70. The highest BCUT2D eigenvalue weighted by Crippen LogP contribution is 2.30. The Morgan fingerprint density at radius 3 is 2.33 bits per heavy atom. The van der Waals surface area contributed by atoms with Gasteiger partial charge in [-0.1, -0.05) is 23.8 Å². The fourth-order valence-electron chi connectivity index (χ4n) is 2.78. The lowest BCUT2D eigenvalue weighted by atomic mass is 10.1. The van der Waals surface area contributed by atoms with Crippen LogP contribution in [0.3, 0.4) is 0 Å². The van der Waals surface area contributed by atoms with Gasteiger partial charge in [0.05, 0.1) is 22.1 Å². The highest BCUT2D eigenvalue weighted by atomic mass is 35.5. The molecule has 0 aliphatic carbocycles. The predicted molar refractivity (Wildman–Crippen MR) is 89.5 cm³/mol. The Morgan fingerprint density at radius 2 is 1.67 bits per heavy atom. The fraction of sp³-hybridized carbons (Fsp3) is 0.278. The molecule has 0 bridgehead atoms. The third-order valence-corrected chi connectivity index (χ3v) is 3.98. The van der Waals surface area contributed by atoms with E-state index in [1.807, 2.05) is 6.92 Å². The molecule has 1 atom stereocenters. The van der Waals surface area contributed by atoms with Gasteiger partial charge in [0.1, 0.15) is 5.82 Å². The van der Waals surface area contributed by atoms with Crippen molar-refractivity contribution in [3.05, 3.63) is 58.9 Å². The zero-order valence-corrected chi connectivity index (χ0v) is 13.6. The number of hydrogen-bond donors (Lipinski definition) is 0. The van der Waals surface area contributed by atoms with Crippen LogP contribution in [0.25, 0.3) is 16.7 Å². The van der Waals surface area contributed by atoms with E-state index in [0.29, 0.717) is 0 Å². The summed E-state index contributed by atoms with van der Waals surface area (Å²) < 4.78 is 2.19. The van der Waals surface area contributed by atoms with Crippen molar-refractivity contribution in [3.8, 4) is 5.69 Å². The number of halogens is 1. The maximum absolute atomic E-state index is 6.37. The van der Waals surface area contributed by atoms with Crippen LogP contribution in [0, 0.1) is 20.8 Å². The summed E-state index contributed by atoms with van der Waals surface area (Å²) in [4.78, 5) is 4.72. The van der Waals surface area contributed by atoms with Crippen LogP contribution in [-0.4, -0.2) is 9.55 Å². The van der Waals surface area contributed by atoms with Gasteiger partial charge in [-0.05, 0) is 57.0 Å². The molecule has 3 rings (SSSR count). The van der Waals surface area contributed by atoms with Crippen molar-refractivity contribution in [1.82, 2.24) is 9.55 Å². The molecule has 2 aromatic carbocycles. The first-order chi connectivity index (χ1) is 9.97. The largest absolute Gasteiger partial charge is 0.295 e. The Balaban J connectivity index is 2.38. The van der Waals surface area contributed by atoms with E-state index in [1.54, 1.807) is 0 Å². The summed E-state index contributed by atoms with van der Waals surface area (Å²) in [6.07, 6.45) is 0. The molecule has 2 nitrogen and oxygen atoms in total. The molecule has 3 heteroatoms. The van der Waals surface area contributed by atoms with Crippen LogP contribution < -0.4 is 0 Å². The van der Waals surface area contributed by atoms with E-state index in [4.69, 9.17) is 16.6 Å². The molecule has 0 N–H and O–H groups in total. The summed E-state index contributed by atoms with van der Waals surface area (Å²) in [5.41, 5.74) is 6.97. The fourth-order valence-corrected chi connectivity index (χ4v) is 2.93. The highest BCUT2D eigenvalue weighted by molar-refractivity contribution is 6.20. The van der Waals surface area contributed by atoms with Crippen LogP contribution in [0.4, 0.5) is 0 Å². The van der Waals surface area contributed by atoms with E-state index in [9.17, 15) is 0 Å². The average Bonchev–Trinajstić information content (AvgIpc) is 2.77. The number of aromatic nitrogens is 2. The summed E-state index contributed by atoms with van der Waals surface area (Å²) >= 11 is 6.37. The molecule has 0 spiro atoms. The average molecular weight is 299 g/mol. The first-order valence-electron chi connectivity index (χ1n) is 7.18. The number of alkyl halides is 1. The van der Waals surface area contributed by atoms with Crippen LogP contribution in [0.15, 0.2) is 36.4 Å². The van der Waals surface area contributed by atoms with Gasteiger partial charge in [0.2, 0.25) is 0 Å². The molecule has 1 heterocycles. The van der Waals surface area contributed by atoms with Gasteiger partial charge >= 0.3 is 0 Å². The van der Waals surface area contributed by atoms with Gasteiger partial charge in [0, 0.05) is 0 Å². The van der Waals surface area contributed by atoms with Crippen molar-refractivity contribution in [2.45, 2.75) is 33.1 Å². The molecule has 0 radical (unpaired) electrons. The number of imidazole rings is 1. The minimum Gasteiger partial charge on any atom is -0.295 e. The predicted octanol–water partition coefficient (Wildman–Crippen LogP) is 5.25. The lowest BCUT2D eigenvalue weighted by Gasteiger charge is -2.14. The van der Waals surface area contributed by atoms with E-state index in [2.05, 4.69) is 61.7 Å². The van der Waals surface area contributed by atoms with Crippen LogP contribution in [0.5, 0.6) is 0 Å². The number of benzene rings is 2. The lowest BCUT2D eigenvalue weighted by molar-refractivity contribution is 0.878. The zero-order chi connectivity index (χ0) is 15.1. The monoisotopic (exact) mass is 298 g/mol. The van der Waals surface area contributed by atoms with Gasteiger partial charge < -0.3 is 0 Å². The maximum atomic E-state index is 6.37. The molecule has 108 valence electrons. The van der Waals surface area contributed by atoms with Crippen molar-refractivity contribution >= 4 is 22.6 Å². The summed E-state index contributed by atoms with van der Waals surface area (Å²) in [5, 5.41) is -0.140. The second kappa shape index (κ2) is 5.19. The van der Waals surface area contributed by atoms with Gasteiger partial charge in [-0.15, -0.1) is 11.6 Å². The number of fused-ring (bicyclic) bond motifs is 1. The van der Waals surface area contributed by atoms with Crippen LogP contribution in [-0.2, 0) is 0 Å². The molecular weight excluding hydrogens is 280 g/mol. The van der Waals surface area contributed by atoms with Crippen molar-refractivity contribution in [2.24, 2.45) is 0 Å². The second-order valence-corrected chi connectivity index (χ2v) is 6.36. The van der Waals surface area contributed by atoms with Crippen molar-refractivity contribution < 1.29 is 0 Å². The third-order valence-electron chi connectivity index (χ3n) is 3.78. The summed E-state index contributed by atoms with van der Waals surface area (Å²) in [6.45, 7) is 8.31. The molecule has 0 saturated heterocycles. The van der Waals surface area contributed by atoms with Gasteiger partial charge in [-0.25, -0.2) is 4.98 Å². The van der Waals surface area contributed by atoms with Crippen LogP contribution >= 0.6 is 11.6 Å². The van der Waals surface area contributed by atoms with Gasteiger partial charge in [-0.2, -0.15) is 0 Å². The third kappa shape index (κ3) is 2.44. The minimum absolute atomic E-state index is 0.140. The Bertz CT molecular complexity index is 815. The number of aryl methyl sites for hydroxylation is 3. The van der Waals surface area contributed by atoms with E-state index in [0.717, 1.165) is 22.5 Å². The van der Waals surface area contributed by atoms with E-state index < -0.39 is 0 Å². The van der Waals surface area contributed by atoms with Gasteiger partial charge in [0.15, 0.2) is 0 Å². The Kier molecular flexibility index (Phi) is 3.50. The molecule has 0 aliphatic heterocycles. The Hall–Kier alpha value is -1.80. The molecule has 3 aromatic rings. The van der Waals surface area contributed by atoms with E-state index in [-0.39, 0.29) is 5.38 Å². The van der Waals surface area contributed by atoms with Crippen LogP contribution in [0.2, 0.25) is 0 Å². The maximum Gasteiger partial charge on any atom is 0.132 e. The molecule has 0 fully saturated rings. The van der Waals surface area contributed by atoms with E-state index in [1.165, 1.54) is 16.7 Å². The summed E-state index contributed by atoms with van der Waals surface area (Å²) in [5.74, 6) is 0.893. The smallest absolute Gasteiger partial charge is 0.132 e. The standard InChI is InChI=1S/C18H19ClN2/c1-11-6-8-16(13(3)9-11)21-17-10-12(2)5-7-15(17)20-18(21)14(4)19/h5-10,14H,1-4H3. The van der Waals surface area contributed by atoms with Crippen LogP contribution in [0.1, 0.15) is 34.8 Å². The van der Waals surface area contributed by atoms with Crippen molar-refractivity contribution in [1.29, 1.82) is 0 Å². The lowest BCUT2D eigenvalue weighted by Crippen LogP contribution is -2.04. The molecule has 0 amide bonds. The molecule has 21 heavy (non-hydrogen) atoms. The number of rotatable bonds is 2. The number of hydrogen-bond acceptors (Lipinski definition) is 1. The van der Waals surface area contributed by atoms with Crippen molar-refractivity contribution in [3.63, 3.8) is 0 Å².